The summed E-state index contributed by atoms with van der Waals surface area (Å²) in [5.41, 5.74) is 10.2. The van der Waals surface area contributed by atoms with Gasteiger partial charge in [-0.3, -0.25) is 0 Å². The van der Waals surface area contributed by atoms with E-state index in [1.165, 1.54) is 75.9 Å². The van der Waals surface area contributed by atoms with Crippen molar-refractivity contribution in [1.29, 1.82) is 0 Å². The highest BCUT2D eigenvalue weighted by Crippen LogP contribution is 2.43. The van der Waals surface area contributed by atoms with Gasteiger partial charge in [-0.25, -0.2) is 0 Å². The van der Waals surface area contributed by atoms with Crippen molar-refractivity contribution in [3.05, 3.63) is 145 Å². The van der Waals surface area contributed by atoms with Crippen LogP contribution in [0.3, 0.4) is 0 Å². The fraction of sp³-hybridized carbons (Fsp3) is 0.0270. The molecule has 1 aliphatic heterocycles. The topological polar surface area (TPSA) is 9.86 Å². The second-order valence-corrected chi connectivity index (χ2v) is 11.7. The predicted molar refractivity (Wildman–Crippen MR) is 168 cm³/mol. The van der Waals surface area contributed by atoms with Crippen LogP contribution in [-0.2, 0) is 6.42 Å². The lowest BCUT2D eigenvalue weighted by molar-refractivity contribution is 1.03. The Morgan fingerprint density at radius 1 is 0.400 bits per heavy atom. The van der Waals surface area contributed by atoms with Crippen LogP contribution in [0.1, 0.15) is 11.1 Å². The summed E-state index contributed by atoms with van der Waals surface area (Å²) < 4.78 is 4.82. The lowest BCUT2D eigenvalue weighted by Crippen LogP contribution is -2.03. The van der Waals surface area contributed by atoms with E-state index in [-0.39, 0.29) is 0 Å². The number of benzene rings is 6. The maximum absolute atomic E-state index is 2.41. The lowest BCUT2D eigenvalue weighted by Gasteiger charge is -2.21. The first-order valence-electron chi connectivity index (χ1n) is 13.7. The van der Waals surface area contributed by atoms with Crippen molar-refractivity contribution in [3.8, 4) is 11.4 Å². The molecule has 9 rings (SSSR count). The number of aromatic nitrogens is 2. The van der Waals surface area contributed by atoms with E-state index in [1.807, 2.05) is 11.8 Å². The molecule has 0 aliphatic carbocycles. The summed E-state index contributed by atoms with van der Waals surface area (Å²) in [5.74, 6) is 0. The highest BCUT2D eigenvalue weighted by molar-refractivity contribution is 7.99. The molecular weight excluding hydrogens is 504 g/mol. The van der Waals surface area contributed by atoms with E-state index in [4.69, 9.17) is 0 Å². The molecule has 8 aromatic rings. The molecule has 0 spiro atoms. The largest absolute Gasteiger partial charge is 0.309 e. The van der Waals surface area contributed by atoms with Crippen LogP contribution in [0.2, 0.25) is 0 Å². The molecule has 0 saturated heterocycles. The Morgan fingerprint density at radius 3 is 1.12 bits per heavy atom. The van der Waals surface area contributed by atoms with E-state index in [2.05, 4.69) is 143 Å². The Labute approximate surface area is 236 Å². The number of rotatable bonds is 2. The predicted octanol–water partition coefficient (Wildman–Crippen LogP) is 9.94. The standard InChI is InChI=1S/C37H24N2S/c1-5-13-32-28(9-1)29-10-2-6-14-33(29)38(32)26-19-17-24-21-25-18-20-27(23-37(25)40-36(24)22-26)39-34-15-7-3-11-30(34)31-12-4-8-16-35(31)39/h1-20,22-23H,21H2. The van der Waals surface area contributed by atoms with Crippen LogP contribution in [0.15, 0.2) is 143 Å². The van der Waals surface area contributed by atoms with Crippen LogP contribution in [-0.4, -0.2) is 9.13 Å². The molecular formula is C37H24N2S. The van der Waals surface area contributed by atoms with Gasteiger partial charge in [0, 0.05) is 42.7 Å². The maximum atomic E-state index is 2.41. The minimum absolute atomic E-state index is 0.957. The Kier molecular flexibility index (Phi) is 4.64. The average Bonchev–Trinajstić information content (AvgIpc) is 3.53. The van der Waals surface area contributed by atoms with Gasteiger partial charge in [0.2, 0.25) is 0 Å². The summed E-state index contributed by atoms with van der Waals surface area (Å²) in [6, 6.07) is 48.9. The summed E-state index contributed by atoms with van der Waals surface area (Å²) in [6.07, 6.45) is 0.957. The van der Waals surface area contributed by atoms with Crippen LogP contribution in [0.25, 0.3) is 55.0 Å². The Balaban J connectivity index is 1.18. The van der Waals surface area contributed by atoms with Crippen LogP contribution in [0.4, 0.5) is 0 Å². The fourth-order valence-electron chi connectivity index (χ4n) is 6.57. The molecule has 6 aromatic carbocycles. The third-order valence-electron chi connectivity index (χ3n) is 8.38. The summed E-state index contributed by atoms with van der Waals surface area (Å²) in [7, 11) is 0. The van der Waals surface area contributed by atoms with E-state index in [9.17, 15) is 0 Å². The molecule has 0 saturated carbocycles. The number of hydrogen-bond donors (Lipinski definition) is 0. The van der Waals surface area contributed by atoms with Crippen molar-refractivity contribution in [3.63, 3.8) is 0 Å². The van der Waals surface area contributed by atoms with Gasteiger partial charge in [0.25, 0.3) is 0 Å². The highest BCUT2D eigenvalue weighted by Gasteiger charge is 2.20. The number of hydrogen-bond acceptors (Lipinski definition) is 1. The second-order valence-electron chi connectivity index (χ2n) is 10.6. The van der Waals surface area contributed by atoms with E-state index in [0.717, 1.165) is 6.42 Å². The molecule has 0 unspecified atom stereocenters. The van der Waals surface area contributed by atoms with Gasteiger partial charge in [-0.05, 0) is 66.1 Å². The molecule has 2 aromatic heterocycles. The monoisotopic (exact) mass is 528 g/mol. The quantitative estimate of drug-likeness (QED) is 0.217. The zero-order valence-electron chi connectivity index (χ0n) is 21.7. The molecule has 1 aliphatic rings. The minimum Gasteiger partial charge on any atom is -0.309 e. The van der Waals surface area contributed by atoms with Crippen LogP contribution in [0, 0.1) is 0 Å². The molecule has 3 heteroatoms. The Hall–Kier alpha value is -4.73. The van der Waals surface area contributed by atoms with Gasteiger partial charge in [0.1, 0.15) is 0 Å². The molecule has 2 nitrogen and oxygen atoms in total. The van der Waals surface area contributed by atoms with Crippen molar-refractivity contribution in [2.24, 2.45) is 0 Å². The zero-order chi connectivity index (χ0) is 26.2. The van der Waals surface area contributed by atoms with Crippen molar-refractivity contribution in [2.75, 3.05) is 0 Å². The molecule has 0 radical (unpaired) electrons. The van der Waals surface area contributed by atoms with E-state index < -0.39 is 0 Å². The normalized spacial score (nSPS) is 12.8. The molecule has 3 heterocycles. The Bertz CT molecular complexity index is 2020. The van der Waals surface area contributed by atoms with E-state index in [1.54, 1.807) is 0 Å². The van der Waals surface area contributed by atoms with Gasteiger partial charge in [-0.2, -0.15) is 0 Å². The third kappa shape index (κ3) is 3.13. The number of fused-ring (bicyclic) bond motifs is 8. The van der Waals surface area contributed by atoms with Gasteiger partial charge in [-0.1, -0.05) is 96.7 Å². The SMILES string of the molecule is c1ccc2c(c1)c1ccccc1n2-c1ccc2c(c1)Sc1cc(-n3c4ccccc4c4ccccc43)ccc1C2. The molecule has 188 valence electrons. The summed E-state index contributed by atoms with van der Waals surface area (Å²) in [6.45, 7) is 0. The van der Waals surface area contributed by atoms with Gasteiger partial charge in [-0.15, -0.1) is 0 Å². The molecule has 40 heavy (non-hydrogen) atoms. The lowest BCUT2D eigenvalue weighted by atomic mass is 10.0. The first-order chi connectivity index (χ1) is 19.8. The van der Waals surface area contributed by atoms with Crippen LogP contribution < -0.4 is 0 Å². The number of para-hydroxylation sites is 4. The molecule has 0 amide bonds. The third-order valence-corrected chi connectivity index (χ3v) is 9.58. The smallest absolute Gasteiger partial charge is 0.0541 e. The van der Waals surface area contributed by atoms with E-state index >= 15 is 0 Å². The van der Waals surface area contributed by atoms with E-state index in [0.29, 0.717) is 0 Å². The molecule has 0 fully saturated rings. The summed E-state index contributed by atoms with van der Waals surface area (Å²) in [4.78, 5) is 2.68. The molecule has 0 N–H and O–H groups in total. The fourth-order valence-corrected chi connectivity index (χ4v) is 7.71. The summed E-state index contributed by atoms with van der Waals surface area (Å²) >= 11 is 1.90. The van der Waals surface area contributed by atoms with Crippen LogP contribution >= 0.6 is 11.8 Å². The van der Waals surface area contributed by atoms with Crippen molar-refractivity contribution >= 4 is 55.4 Å². The average molecular weight is 529 g/mol. The second kappa shape index (κ2) is 8.38. The first-order valence-corrected chi connectivity index (χ1v) is 14.6. The zero-order valence-corrected chi connectivity index (χ0v) is 22.5. The van der Waals surface area contributed by atoms with Gasteiger partial charge >= 0.3 is 0 Å². The molecule has 0 bridgehead atoms. The first kappa shape index (κ1) is 22.1. The van der Waals surface area contributed by atoms with Gasteiger partial charge in [0.05, 0.1) is 22.1 Å². The summed E-state index contributed by atoms with van der Waals surface area (Å²) in [5, 5.41) is 5.18. The molecule has 0 atom stereocenters. The number of nitrogens with zero attached hydrogens (tertiary/aromatic N) is 2. The van der Waals surface area contributed by atoms with Crippen LogP contribution in [0.5, 0.6) is 0 Å². The minimum atomic E-state index is 0.957. The van der Waals surface area contributed by atoms with Gasteiger partial charge < -0.3 is 9.13 Å². The highest BCUT2D eigenvalue weighted by atomic mass is 32.2. The van der Waals surface area contributed by atoms with Crippen molar-refractivity contribution < 1.29 is 0 Å². The van der Waals surface area contributed by atoms with Crippen molar-refractivity contribution in [1.82, 2.24) is 9.13 Å². The van der Waals surface area contributed by atoms with Gasteiger partial charge in [0.15, 0.2) is 0 Å². The Morgan fingerprint density at radius 2 is 0.750 bits per heavy atom. The van der Waals surface area contributed by atoms with Crippen molar-refractivity contribution in [2.45, 2.75) is 16.2 Å². The maximum Gasteiger partial charge on any atom is 0.0541 e.